The second kappa shape index (κ2) is 5.79. The molecule has 0 aliphatic carbocycles. The predicted octanol–water partition coefficient (Wildman–Crippen LogP) is -0.697. The number of nitrogens with zero attached hydrogens (tertiary/aromatic N) is 2. The largest absolute Gasteiger partial charge is 0.330 e. The zero-order valence-corrected chi connectivity index (χ0v) is 10.2. The van der Waals surface area contributed by atoms with Crippen molar-refractivity contribution in [2.45, 2.75) is 12.8 Å². The van der Waals surface area contributed by atoms with E-state index in [9.17, 15) is 8.42 Å². The zero-order chi connectivity index (χ0) is 11.3. The van der Waals surface area contributed by atoms with E-state index in [1.165, 1.54) is 6.26 Å². The molecule has 90 valence electrons. The van der Waals surface area contributed by atoms with Gasteiger partial charge in [-0.3, -0.25) is 0 Å². The minimum atomic E-state index is -3.01. The molecule has 0 radical (unpaired) electrons. The summed E-state index contributed by atoms with van der Waals surface area (Å²) in [6.45, 7) is 4.75. The number of nitrogens with two attached hydrogens (primary N) is 1. The highest BCUT2D eigenvalue weighted by Crippen LogP contribution is 2.06. The summed E-state index contributed by atoms with van der Waals surface area (Å²) in [6, 6.07) is 0. The second-order valence-corrected chi connectivity index (χ2v) is 5.98. The maximum atomic E-state index is 11.3. The molecule has 15 heavy (non-hydrogen) atoms. The van der Waals surface area contributed by atoms with Crippen LogP contribution in [0.3, 0.4) is 0 Å². The van der Waals surface area contributed by atoms with E-state index in [2.05, 4.69) is 4.90 Å². The molecule has 5 nitrogen and oxygen atoms in total. The van der Waals surface area contributed by atoms with Gasteiger partial charge in [0.05, 0.1) is 6.26 Å². The van der Waals surface area contributed by atoms with Crippen LogP contribution in [0.5, 0.6) is 0 Å². The molecule has 0 bridgehead atoms. The molecule has 6 heteroatoms. The molecule has 0 spiro atoms. The van der Waals surface area contributed by atoms with Crippen molar-refractivity contribution in [2.24, 2.45) is 5.73 Å². The summed E-state index contributed by atoms with van der Waals surface area (Å²) in [7, 11) is -3.01. The lowest BCUT2D eigenvalue weighted by Gasteiger charge is -2.20. The highest BCUT2D eigenvalue weighted by Gasteiger charge is 2.20. The van der Waals surface area contributed by atoms with Gasteiger partial charge in [0.1, 0.15) is 0 Å². The minimum Gasteiger partial charge on any atom is -0.330 e. The van der Waals surface area contributed by atoms with Crippen molar-refractivity contribution in [1.82, 2.24) is 9.21 Å². The fourth-order valence-electron chi connectivity index (χ4n) is 1.82. The van der Waals surface area contributed by atoms with E-state index in [-0.39, 0.29) is 0 Å². The molecule has 1 aliphatic heterocycles. The van der Waals surface area contributed by atoms with E-state index in [4.69, 9.17) is 5.73 Å². The smallest absolute Gasteiger partial charge is 0.211 e. The Morgan fingerprint density at radius 1 is 1.20 bits per heavy atom. The average molecular weight is 235 g/mol. The third-order valence-electron chi connectivity index (χ3n) is 2.69. The van der Waals surface area contributed by atoms with Crippen molar-refractivity contribution in [3.05, 3.63) is 0 Å². The van der Waals surface area contributed by atoms with Crippen LogP contribution >= 0.6 is 0 Å². The zero-order valence-electron chi connectivity index (χ0n) is 9.35. The first-order valence-corrected chi connectivity index (χ1v) is 7.26. The highest BCUT2D eigenvalue weighted by molar-refractivity contribution is 7.88. The van der Waals surface area contributed by atoms with Crippen LogP contribution in [0.15, 0.2) is 0 Å². The fraction of sp³-hybridized carbons (Fsp3) is 1.00. The van der Waals surface area contributed by atoms with Crippen molar-refractivity contribution in [1.29, 1.82) is 0 Å². The summed E-state index contributed by atoms with van der Waals surface area (Å²) >= 11 is 0. The Labute approximate surface area is 92.3 Å². The number of rotatable bonds is 4. The lowest BCUT2D eigenvalue weighted by Crippen LogP contribution is -2.35. The molecule has 0 aromatic heterocycles. The molecule has 1 fully saturated rings. The Morgan fingerprint density at radius 3 is 2.53 bits per heavy atom. The van der Waals surface area contributed by atoms with Gasteiger partial charge >= 0.3 is 0 Å². The summed E-state index contributed by atoms with van der Waals surface area (Å²) in [5, 5.41) is 0. The van der Waals surface area contributed by atoms with Crippen LogP contribution in [0, 0.1) is 0 Å². The molecule has 2 N–H and O–H groups in total. The molecule has 0 aromatic rings. The van der Waals surface area contributed by atoms with Crippen molar-refractivity contribution in [3.63, 3.8) is 0 Å². The standard InChI is InChI=1S/C9H21N3O2S/c1-15(13,14)12-7-3-6-11(8-9-12)5-2-4-10/h2-10H2,1H3. The van der Waals surface area contributed by atoms with E-state index < -0.39 is 10.0 Å². The predicted molar refractivity (Wildman–Crippen MR) is 61.1 cm³/mol. The van der Waals surface area contributed by atoms with Gasteiger partial charge in [0, 0.05) is 19.6 Å². The Hall–Kier alpha value is -0.170. The van der Waals surface area contributed by atoms with Crippen LogP contribution in [-0.2, 0) is 10.0 Å². The van der Waals surface area contributed by atoms with Gasteiger partial charge in [-0.15, -0.1) is 0 Å². The first kappa shape index (κ1) is 12.9. The van der Waals surface area contributed by atoms with Crippen molar-refractivity contribution >= 4 is 10.0 Å². The molecule has 0 amide bonds. The topological polar surface area (TPSA) is 66.6 Å². The van der Waals surface area contributed by atoms with E-state index in [1.807, 2.05) is 0 Å². The molecule has 1 rings (SSSR count). The lowest BCUT2D eigenvalue weighted by atomic mass is 10.3. The van der Waals surface area contributed by atoms with Gasteiger partial charge in [-0.1, -0.05) is 0 Å². The maximum Gasteiger partial charge on any atom is 0.211 e. The number of hydrogen-bond donors (Lipinski definition) is 1. The summed E-state index contributed by atoms with van der Waals surface area (Å²) < 4.78 is 24.3. The summed E-state index contributed by atoms with van der Waals surface area (Å²) in [5.41, 5.74) is 5.45. The molecule has 0 aromatic carbocycles. The molecular formula is C9H21N3O2S. The molecule has 0 saturated carbocycles. The first-order valence-electron chi connectivity index (χ1n) is 5.41. The molecule has 0 atom stereocenters. The molecule has 0 unspecified atom stereocenters. The van der Waals surface area contributed by atoms with E-state index in [0.717, 1.165) is 32.5 Å². The number of hydrogen-bond acceptors (Lipinski definition) is 4. The Bertz CT molecular complexity index is 279. The third-order valence-corrected chi connectivity index (χ3v) is 4.00. The lowest BCUT2D eigenvalue weighted by molar-refractivity contribution is 0.285. The highest BCUT2D eigenvalue weighted by atomic mass is 32.2. The first-order chi connectivity index (χ1) is 7.04. The maximum absolute atomic E-state index is 11.3. The van der Waals surface area contributed by atoms with E-state index >= 15 is 0 Å². The Morgan fingerprint density at radius 2 is 1.93 bits per heavy atom. The number of sulfonamides is 1. The molecule has 1 aliphatic rings. The summed E-state index contributed by atoms with van der Waals surface area (Å²) in [4.78, 5) is 2.29. The van der Waals surface area contributed by atoms with Crippen molar-refractivity contribution in [3.8, 4) is 0 Å². The average Bonchev–Trinajstić information content (AvgIpc) is 2.38. The van der Waals surface area contributed by atoms with Crippen LogP contribution in [0.1, 0.15) is 12.8 Å². The van der Waals surface area contributed by atoms with Gasteiger partial charge in [-0.25, -0.2) is 12.7 Å². The van der Waals surface area contributed by atoms with E-state index in [1.54, 1.807) is 4.31 Å². The Kier molecular flexibility index (Phi) is 4.98. The van der Waals surface area contributed by atoms with Crippen molar-refractivity contribution < 1.29 is 8.42 Å². The van der Waals surface area contributed by atoms with Crippen LogP contribution in [0.4, 0.5) is 0 Å². The minimum absolute atomic E-state index is 0.614. The second-order valence-electron chi connectivity index (χ2n) is 4.00. The van der Waals surface area contributed by atoms with Crippen molar-refractivity contribution in [2.75, 3.05) is 45.5 Å². The molecule has 1 heterocycles. The van der Waals surface area contributed by atoms with Gasteiger partial charge in [-0.05, 0) is 32.5 Å². The Balaban J connectivity index is 2.42. The summed E-state index contributed by atoms with van der Waals surface area (Å²) in [6.07, 6.45) is 3.18. The quantitative estimate of drug-likeness (QED) is 0.700. The SMILES string of the molecule is CS(=O)(=O)N1CCCN(CCCN)CC1. The monoisotopic (exact) mass is 235 g/mol. The fourth-order valence-corrected chi connectivity index (χ4v) is 2.69. The molecule has 1 saturated heterocycles. The summed E-state index contributed by atoms with van der Waals surface area (Å²) in [5.74, 6) is 0. The van der Waals surface area contributed by atoms with Crippen LogP contribution in [0.25, 0.3) is 0 Å². The van der Waals surface area contributed by atoms with Gasteiger partial charge in [0.25, 0.3) is 0 Å². The van der Waals surface area contributed by atoms with Gasteiger partial charge in [-0.2, -0.15) is 0 Å². The van der Waals surface area contributed by atoms with E-state index in [0.29, 0.717) is 19.6 Å². The third kappa shape index (κ3) is 4.46. The molecular weight excluding hydrogens is 214 g/mol. The van der Waals surface area contributed by atoms with Gasteiger partial charge in [0.2, 0.25) is 10.0 Å². The normalized spacial score (nSPS) is 21.5. The van der Waals surface area contributed by atoms with Gasteiger partial charge < -0.3 is 10.6 Å². The van der Waals surface area contributed by atoms with Crippen LogP contribution in [-0.4, -0.2) is 63.1 Å². The van der Waals surface area contributed by atoms with Gasteiger partial charge in [0.15, 0.2) is 0 Å². The van der Waals surface area contributed by atoms with Crippen LogP contribution < -0.4 is 5.73 Å². The van der Waals surface area contributed by atoms with Crippen LogP contribution in [0.2, 0.25) is 0 Å².